The maximum Gasteiger partial charge on any atom is -0.0533 e. The van der Waals surface area contributed by atoms with E-state index in [2.05, 4.69) is 13.8 Å². The number of hydrogen-bond acceptors (Lipinski definition) is 0. The Morgan fingerprint density at radius 3 is 2.00 bits per heavy atom. The quantitative estimate of drug-likeness (QED) is 0.504. The third-order valence-corrected chi connectivity index (χ3v) is 0.854. The van der Waals surface area contributed by atoms with Crippen molar-refractivity contribution in [3.63, 3.8) is 0 Å². The highest BCUT2D eigenvalue weighted by atomic mass is 35.5. The highest BCUT2D eigenvalue weighted by molar-refractivity contribution is 5.85. The van der Waals surface area contributed by atoms with Gasteiger partial charge in [0.2, 0.25) is 0 Å². The van der Waals surface area contributed by atoms with E-state index in [1.807, 2.05) is 0 Å². The zero-order valence-electron chi connectivity index (χ0n) is 4.94. The Hall–Kier alpha value is 0.290. The van der Waals surface area contributed by atoms with Crippen LogP contribution in [0.3, 0.4) is 0 Å². The zero-order valence-corrected chi connectivity index (χ0v) is 5.76. The molecule has 0 aromatic heterocycles. The smallest absolute Gasteiger partial charge is 0.0533 e. The second-order valence-corrected chi connectivity index (χ2v) is 1.56. The van der Waals surface area contributed by atoms with Gasteiger partial charge in [-0.1, -0.05) is 39.5 Å². The molecule has 0 heterocycles. The van der Waals surface area contributed by atoms with Gasteiger partial charge in [-0.3, -0.25) is 0 Å². The summed E-state index contributed by atoms with van der Waals surface area (Å²) in [6.45, 7) is 5.93. The highest BCUT2D eigenvalue weighted by Gasteiger charge is 1.75. The minimum Gasteiger partial charge on any atom is -0.147 e. The van der Waals surface area contributed by atoms with E-state index in [1.54, 1.807) is 0 Å². The van der Waals surface area contributed by atoms with Crippen molar-refractivity contribution in [2.45, 2.75) is 32.6 Å². The van der Waals surface area contributed by atoms with Crippen molar-refractivity contribution < 1.29 is 0 Å². The van der Waals surface area contributed by atoms with E-state index >= 15 is 0 Å². The van der Waals surface area contributed by atoms with Crippen LogP contribution in [0.1, 0.15) is 32.6 Å². The van der Waals surface area contributed by atoms with Gasteiger partial charge in [-0.2, -0.15) is 0 Å². The van der Waals surface area contributed by atoms with Gasteiger partial charge in [-0.15, -0.1) is 12.4 Å². The maximum absolute atomic E-state index is 3.72. The third-order valence-electron chi connectivity index (χ3n) is 0.854. The molecule has 1 radical (unpaired) electrons. The van der Waals surface area contributed by atoms with Crippen LogP contribution in [-0.4, -0.2) is 0 Å². The molecule has 0 fully saturated rings. The maximum atomic E-state index is 3.72. The molecule has 0 unspecified atom stereocenters. The van der Waals surface area contributed by atoms with E-state index < -0.39 is 0 Å². The van der Waals surface area contributed by atoms with Gasteiger partial charge in [0.1, 0.15) is 0 Å². The molecule has 0 saturated heterocycles. The van der Waals surface area contributed by atoms with Crippen molar-refractivity contribution in [1.82, 2.24) is 0 Å². The normalized spacial score (nSPS) is 7.71. The Balaban J connectivity index is 0. The number of halogens is 1. The number of unbranched alkanes of at least 4 members (excludes halogenated alkanes) is 3. The van der Waals surface area contributed by atoms with Crippen molar-refractivity contribution in [2.75, 3.05) is 0 Å². The molecule has 0 spiro atoms. The van der Waals surface area contributed by atoms with Gasteiger partial charge in [0.05, 0.1) is 0 Å². The molecule has 0 aromatic rings. The van der Waals surface area contributed by atoms with Crippen LogP contribution in [0.5, 0.6) is 0 Å². The molecule has 0 aliphatic rings. The number of rotatable bonds is 3. The summed E-state index contributed by atoms with van der Waals surface area (Å²) in [6.07, 6.45) is 5.07. The van der Waals surface area contributed by atoms with Gasteiger partial charge >= 0.3 is 0 Å². The molecule has 0 rings (SSSR count). The van der Waals surface area contributed by atoms with E-state index in [-0.39, 0.29) is 12.4 Å². The Morgan fingerprint density at radius 2 is 1.86 bits per heavy atom. The van der Waals surface area contributed by atoms with Crippen LogP contribution in [0.15, 0.2) is 0 Å². The van der Waals surface area contributed by atoms with Crippen LogP contribution >= 0.6 is 12.4 Å². The van der Waals surface area contributed by atoms with E-state index in [0.717, 1.165) is 6.42 Å². The van der Waals surface area contributed by atoms with Crippen molar-refractivity contribution in [3.05, 3.63) is 6.92 Å². The SMILES string of the molecule is Cl.[CH2]CCCCC. The first-order valence-electron chi connectivity index (χ1n) is 2.71. The topological polar surface area (TPSA) is 0 Å². The van der Waals surface area contributed by atoms with Crippen LogP contribution in [-0.2, 0) is 0 Å². The standard InChI is InChI=1S/C6H13.ClH/c1-3-5-6-4-2;/h1,3-6H2,2H3;1H. The Bertz CT molecular complexity index is 16.1. The van der Waals surface area contributed by atoms with Gasteiger partial charge in [-0.05, 0) is 0 Å². The van der Waals surface area contributed by atoms with Crippen LogP contribution in [0.4, 0.5) is 0 Å². The fraction of sp³-hybridized carbons (Fsp3) is 0.833. The van der Waals surface area contributed by atoms with Crippen molar-refractivity contribution in [2.24, 2.45) is 0 Å². The first kappa shape index (κ1) is 10.3. The lowest BCUT2D eigenvalue weighted by Crippen LogP contribution is -1.66. The van der Waals surface area contributed by atoms with E-state index in [0.29, 0.717) is 0 Å². The average Bonchev–Trinajstić information content (AvgIpc) is 1.61. The lowest BCUT2D eigenvalue weighted by Gasteiger charge is -1.86. The minimum absolute atomic E-state index is 0. The molecule has 0 saturated carbocycles. The zero-order chi connectivity index (χ0) is 4.83. The van der Waals surface area contributed by atoms with E-state index in [9.17, 15) is 0 Å². The monoisotopic (exact) mass is 121 g/mol. The molecule has 0 bridgehead atoms. The Kier molecular flexibility index (Phi) is 14.1. The summed E-state index contributed by atoms with van der Waals surface area (Å²) >= 11 is 0. The molecule has 0 aliphatic carbocycles. The van der Waals surface area contributed by atoms with Crippen molar-refractivity contribution >= 4 is 12.4 Å². The van der Waals surface area contributed by atoms with Crippen LogP contribution in [0.25, 0.3) is 0 Å². The summed E-state index contributed by atoms with van der Waals surface area (Å²) in [5, 5.41) is 0. The summed E-state index contributed by atoms with van der Waals surface area (Å²) in [5.74, 6) is 0. The van der Waals surface area contributed by atoms with Gasteiger partial charge in [0, 0.05) is 0 Å². The molecular weight excluding hydrogens is 108 g/mol. The van der Waals surface area contributed by atoms with Gasteiger partial charge in [-0.25, -0.2) is 0 Å². The van der Waals surface area contributed by atoms with Crippen molar-refractivity contribution in [3.8, 4) is 0 Å². The van der Waals surface area contributed by atoms with E-state index in [1.165, 1.54) is 19.3 Å². The van der Waals surface area contributed by atoms with Gasteiger partial charge in [0.25, 0.3) is 0 Å². The summed E-state index contributed by atoms with van der Waals surface area (Å²) in [7, 11) is 0. The largest absolute Gasteiger partial charge is 0.147 e. The fourth-order valence-corrected chi connectivity index (χ4v) is 0.427. The predicted octanol–water partition coefficient (Wildman–Crippen LogP) is 2.82. The summed E-state index contributed by atoms with van der Waals surface area (Å²) in [6, 6.07) is 0. The number of hydrogen-bond donors (Lipinski definition) is 0. The Labute approximate surface area is 52.7 Å². The second-order valence-electron chi connectivity index (χ2n) is 1.56. The molecule has 0 N–H and O–H groups in total. The molecule has 0 atom stereocenters. The lowest BCUT2D eigenvalue weighted by molar-refractivity contribution is 0.728. The summed E-state index contributed by atoms with van der Waals surface area (Å²) < 4.78 is 0. The summed E-state index contributed by atoms with van der Waals surface area (Å²) in [4.78, 5) is 0. The molecule has 0 nitrogen and oxygen atoms in total. The van der Waals surface area contributed by atoms with E-state index in [4.69, 9.17) is 0 Å². The molecule has 0 aliphatic heterocycles. The lowest BCUT2D eigenvalue weighted by atomic mass is 10.2. The molecule has 45 valence electrons. The molecule has 7 heavy (non-hydrogen) atoms. The van der Waals surface area contributed by atoms with Crippen LogP contribution in [0, 0.1) is 6.92 Å². The first-order valence-corrected chi connectivity index (χ1v) is 2.71. The highest BCUT2D eigenvalue weighted by Crippen LogP contribution is 1.95. The second kappa shape index (κ2) is 9.56. The average molecular weight is 122 g/mol. The Morgan fingerprint density at radius 1 is 1.29 bits per heavy atom. The third kappa shape index (κ3) is 10.7. The molecule has 0 aromatic carbocycles. The van der Waals surface area contributed by atoms with Gasteiger partial charge in [0.15, 0.2) is 0 Å². The van der Waals surface area contributed by atoms with Gasteiger partial charge < -0.3 is 0 Å². The van der Waals surface area contributed by atoms with Crippen molar-refractivity contribution in [1.29, 1.82) is 0 Å². The molecule has 0 amide bonds. The predicted molar refractivity (Wildman–Crippen MR) is 36.7 cm³/mol. The molecule has 1 heteroatoms. The molecular formula is C6H14Cl. The first-order chi connectivity index (χ1) is 2.91. The minimum atomic E-state index is 0. The summed E-state index contributed by atoms with van der Waals surface area (Å²) in [5.41, 5.74) is 0. The van der Waals surface area contributed by atoms with Crippen LogP contribution in [0.2, 0.25) is 0 Å². The fourth-order valence-electron chi connectivity index (χ4n) is 0.427. The van der Waals surface area contributed by atoms with Crippen LogP contribution < -0.4 is 0 Å².